The number of ether oxygens (including phenoxy) is 7. The van der Waals surface area contributed by atoms with E-state index in [1.54, 1.807) is 53.7 Å². The molecule has 3 aromatic rings. The normalized spacial score (nSPS) is 12.5. The molecule has 0 aliphatic carbocycles. The van der Waals surface area contributed by atoms with Gasteiger partial charge in [0.1, 0.15) is 17.8 Å². The van der Waals surface area contributed by atoms with Gasteiger partial charge >= 0.3 is 18.0 Å². The van der Waals surface area contributed by atoms with E-state index in [9.17, 15) is 24.0 Å². The van der Waals surface area contributed by atoms with Gasteiger partial charge in [-0.1, -0.05) is 0 Å². The van der Waals surface area contributed by atoms with Crippen molar-refractivity contribution >= 4 is 51.1 Å². The van der Waals surface area contributed by atoms with Crippen LogP contribution in [0.25, 0.3) is 10.1 Å². The second-order valence-corrected chi connectivity index (χ2v) is 16.1. The van der Waals surface area contributed by atoms with Crippen LogP contribution in [0.3, 0.4) is 0 Å². The number of hydrogen-bond acceptors (Lipinski definition) is 13. The van der Waals surface area contributed by atoms with Gasteiger partial charge in [-0.25, -0.2) is 13.6 Å². The van der Waals surface area contributed by atoms with E-state index in [0.29, 0.717) is 10.3 Å². The van der Waals surface area contributed by atoms with Crippen molar-refractivity contribution in [3.8, 4) is 23.0 Å². The van der Waals surface area contributed by atoms with Crippen molar-refractivity contribution < 1.29 is 65.9 Å². The van der Waals surface area contributed by atoms with Gasteiger partial charge in [0, 0.05) is 54.1 Å². The summed E-state index contributed by atoms with van der Waals surface area (Å²) in [7, 11) is 2.72. The number of fused-ring (bicyclic) bond motifs is 2. The van der Waals surface area contributed by atoms with E-state index in [4.69, 9.17) is 33.2 Å². The minimum Gasteiger partial charge on any atom is -0.493 e. The highest BCUT2D eigenvalue weighted by atomic mass is 32.1. The second kappa shape index (κ2) is 19.3. The van der Waals surface area contributed by atoms with Crippen LogP contribution in [0.1, 0.15) is 94.4 Å². The summed E-state index contributed by atoms with van der Waals surface area (Å²) < 4.78 is 69.6. The summed E-state index contributed by atoms with van der Waals surface area (Å²) in [5, 5.41) is 2.60. The number of nitrogens with zero attached hydrogens (tertiary/aromatic N) is 1. The first kappa shape index (κ1) is 44.5. The lowest BCUT2D eigenvalue weighted by Gasteiger charge is -2.20. The Balaban J connectivity index is 1.28. The molecule has 2 heterocycles. The zero-order valence-electron chi connectivity index (χ0n) is 33.5. The van der Waals surface area contributed by atoms with Gasteiger partial charge in [0.2, 0.25) is 5.91 Å². The average Bonchev–Trinajstić information content (AvgIpc) is 3.76. The fraction of sp³-hybridized carbons (Fsp3) is 0.525. The molecule has 0 bridgehead atoms. The molecule has 1 aromatic heterocycles. The van der Waals surface area contributed by atoms with Gasteiger partial charge in [0.25, 0.3) is 0 Å². The molecular formula is C40H50F2N2O12S. The smallest absolute Gasteiger partial charge is 0.407 e. The molecule has 0 spiro atoms. The van der Waals surface area contributed by atoms with E-state index in [1.165, 1.54) is 25.2 Å². The van der Waals surface area contributed by atoms with Crippen LogP contribution in [0.5, 0.6) is 23.0 Å². The highest BCUT2D eigenvalue weighted by Gasteiger charge is 2.31. The van der Waals surface area contributed by atoms with Crippen LogP contribution in [0.2, 0.25) is 0 Å². The molecule has 0 unspecified atom stereocenters. The van der Waals surface area contributed by atoms with Crippen LogP contribution < -0.4 is 24.3 Å². The number of hydrogen-bond donors (Lipinski definition) is 1. The Labute approximate surface area is 334 Å². The number of halogens is 2. The third kappa shape index (κ3) is 12.7. The summed E-state index contributed by atoms with van der Waals surface area (Å²) in [4.78, 5) is 63.4. The number of benzene rings is 2. The zero-order chi connectivity index (χ0) is 42.1. The SMILES string of the molecule is COc1cc2c(c(F)c1OCCCOc1c(OC)cc3sc(C(=O)CCC(=O)OCCNC(=O)OC(C)(C)C)cc3c1F)CN(C(=O)CCC(=O)OC(C)(C)C)C2. The van der Waals surface area contributed by atoms with Crippen LogP contribution in [0, 0.1) is 11.6 Å². The Kier molecular flexibility index (Phi) is 15.1. The van der Waals surface area contributed by atoms with Gasteiger partial charge in [-0.15, -0.1) is 11.3 Å². The predicted octanol–water partition coefficient (Wildman–Crippen LogP) is 7.04. The van der Waals surface area contributed by atoms with Gasteiger partial charge in [-0.2, -0.15) is 0 Å². The molecule has 312 valence electrons. The number of nitrogens with one attached hydrogen (secondary N) is 1. The first-order chi connectivity index (χ1) is 26.8. The molecule has 2 amide bonds. The van der Waals surface area contributed by atoms with Crippen molar-refractivity contribution in [3.63, 3.8) is 0 Å². The van der Waals surface area contributed by atoms with E-state index in [-0.39, 0.29) is 122 Å². The number of carbonyl (C=O) groups is 5. The summed E-state index contributed by atoms with van der Waals surface area (Å²) in [6, 6.07) is 4.55. The topological polar surface area (TPSA) is 165 Å². The van der Waals surface area contributed by atoms with Gasteiger partial charge in [-0.05, 0) is 59.2 Å². The largest absolute Gasteiger partial charge is 0.493 e. The highest BCUT2D eigenvalue weighted by molar-refractivity contribution is 7.20. The molecule has 1 aliphatic heterocycles. The number of alkyl carbamates (subject to hydrolysis) is 1. The summed E-state index contributed by atoms with van der Waals surface area (Å²) in [5.41, 5.74) is -0.491. The van der Waals surface area contributed by atoms with Crippen molar-refractivity contribution in [2.24, 2.45) is 0 Å². The summed E-state index contributed by atoms with van der Waals surface area (Å²) in [6.07, 6.45) is -0.991. The maximum absolute atomic E-state index is 15.8. The molecule has 1 aliphatic rings. The van der Waals surface area contributed by atoms with Gasteiger partial charge in [-0.3, -0.25) is 19.2 Å². The van der Waals surface area contributed by atoms with Crippen LogP contribution in [0.15, 0.2) is 18.2 Å². The summed E-state index contributed by atoms with van der Waals surface area (Å²) in [6.45, 7) is 10.4. The molecule has 4 rings (SSSR count). The number of Topliss-reactive ketones (excluding diaryl/α,β-unsaturated/α-hetero) is 1. The van der Waals surface area contributed by atoms with Crippen molar-refractivity contribution in [1.29, 1.82) is 0 Å². The molecule has 1 N–H and O–H groups in total. The minimum atomic E-state index is -0.742. The van der Waals surface area contributed by atoms with Crippen molar-refractivity contribution in [2.45, 2.75) is 97.9 Å². The number of thiophene rings is 1. The number of carbonyl (C=O) groups excluding carboxylic acids is 5. The quantitative estimate of drug-likeness (QED) is 0.0603. The zero-order valence-corrected chi connectivity index (χ0v) is 34.3. The Bertz CT molecular complexity index is 1970. The molecule has 57 heavy (non-hydrogen) atoms. The van der Waals surface area contributed by atoms with E-state index in [0.717, 1.165) is 11.3 Å². The van der Waals surface area contributed by atoms with Gasteiger partial charge in [0.05, 0.1) is 51.7 Å². The number of esters is 2. The molecule has 0 atom stereocenters. The first-order valence-corrected chi connectivity index (χ1v) is 19.2. The van der Waals surface area contributed by atoms with E-state index in [1.807, 2.05) is 0 Å². The third-order valence-electron chi connectivity index (χ3n) is 8.18. The van der Waals surface area contributed by atoms with Crippen molar-refractivity contribution in [2.75, 3.05) is 40.6 Å². The van der Waals surface area contributed by atoms with Crippen LogP contribution in [-0.4, -0.2) is 86.4 Å². The molecule has 17 heteroatoms. The fourth-order valence-electron chi connectivity index (χ4n) is 5.66. The lowest BCUT2D eigenvalue weighted by molar-refractivity contribution is -0.156. The van der Waals surface area contributed by atoms with Crippen LogP contribution in [-0.2, 0) is 41.7 Å². The number of ketones is 1. The molecule has 0 saturated heterocycles. The third-order valence-corrected chi connectivity index (χ3v) is 9.30. The number of amides is 2. The van der Waals surface area contributed by atoms with Crippen molar-refractivity contribution in [1.82, 2.24) is 10.2 Å². The first-order valence-electron chi connectivity index (χ1n) is 18.4. The minimum absolute atomic E-state index is 0.00158. The highest BCUT2D eigenvalue weighted by Crippen LogP contribution is 2.41. The average molecular weight is 821 g/mol. The van der Waals surface area contributed by atoms with Crippen LogP contribution >= 0.6 is 11.3 Å². The standard InChI is InChI=1S/C40H50F2N2O12S/c1-39(2,3)55-33(48)13-11-31(46)44-21-23-18-27(50-7)36(35(42)25(23)22-44)53-15-9-16-54-37-28(51-8)20-29-24(34(37)41)19-30(57-29)26(45)10-12-32(47)52-17-14-43-38(49)56-40(4,5)6/h18-20H,9-17,21-22H2,1-8H3,(H,43,49). The molecule has 0 radical (unpaired) electrons. The number of rotatable bonds is 18. The predicted molar refractivity (Wildman–Crippen MR) is 205 cm³/mol. The molecule has 2 aromatic carbocycles. The van der Waals surface area contributed by atoms with Crippen LogP contribution in [0.4, 0.5) is 13.6 Å². The Morgan fingerprint density at radius 1 is 0.754 bits per heavy atom. The fourth-order valence-corrected chi connectivity index (χ4v) is 6.71. The maximum atomic E-state index is 15.8. The Hall–Kier alpha value is -5.19. The molecule has 0 saturated carbocycles. The second-order valence-electron chi connectivity index (χ2n) is 15.1. The van der Waals surface area contributed by atoms with Gasteiger partial charge < -0.3 is 43.4 Å². The summed E-state index contributed by atoms with van der Waals surface area (Å²) >= 11 is 1.04. The van der Waals surface area contributed by atoms with E-state index < -0.39 is 40.9 Å². The number of methoxy groups -OCH3 is 2. The Morgan fingerprint density at radius 2 is 1.37 bits per heavy atom. The van der Waals surface area contributed by atoms with Crippen molar-refractivity contribution in [3.05, 3.63) is 45.8 Å². The van der Waals surface area contributed by atoms with E-state index in [2.05, 4.69) is 5.32 Å². The Morgan fingerprint density at radius 3 is 2.00 bits per heavy atom. The lowest BCUT2D eigenvalue weighted by atomic mass is 10.1. The molecule has 0 fully saturated rings. The summed E-state index contributed by atoms with van der Waals surface area (Å²) in [5.74, 6) is -3.31. The lowest BCUT2D eigenvalue weighted by Crippen LogP contribution is -2.34. The van der Waals surface area contributed by atoms with Gasteiger partial charge in [0.15, 0.2) is 40.4 Å². The maximum Gasteiger partial charge on any atom is 0.407 e. The molecular weight excluding hydrogens is 771 g/mol. The monoisotopic (exact) mass is 820 g/mol. The van der Waals surface area contributed by atoms with E-state index >= 15 is 8.78 Å². The molecule has 14 nitrogen and oxygen atoms in total.